The number of rotatable bonds is 8. The van der Waals surface area contributed by atoms with Gasteiger partial charge in [-0.1, -0.05) is 15.9 Å². The van der Waals surface area contributed by atoms with Crippen LogP contribution >= 0.6 is 15.9 Å². The molecule has 0 spiro atoms. The average Bonchev–Trinajstić information content (AvgIpc) is 2.57. The van der Waals surface area contributed by atoms with E-state index in [0.29, 0.717) is 19.2 Å². The fourth-order valence-corrected chi connectivity index (χ4v) is 3.70. The lowest BCUT2D eigenvalue weighted by molar-refractivity contribution is -0.145. The van der Waals surface area contributed by atoms with Gasteiger partial charge in [-0.05, 0) is 82.7 Å². The summed E-state index contributed by atoms with van der Waals surface area (Å²) in [4.78, 5) is 13.9. The van der Waals surface area contributed by atoms with E-state index in [2.05, 4.69) is 40.7 Å². The number of esters is 1. The van der Waals surface area contributed by atoms with Crippen molar-refractivity contribution < 1.29 is 14.3 Å². The van der Waals surface area contributed by atoms with E-state index < -0.39 is 0 Å². The van der Waals surface area contributed by atoms with Crippen LogP contribution in [-0.2, 0) is 9.53 Å². The molecular formula is C20H30BrNO3. The van der Waals surface area contributed by atoms with Crippen molar-refractivity contribution in [3.8, 4) is 5.75 Å². The maximum atomic E-state index is 11.6. The van der Waals surface area contributed by atoms with Crippen LogP contribution in [0.1, 0.15) is 45.1 Å². The first-order valence-electron chi connectivity index (χ1n) is 9.28. The molecule has 0 aromatic heterocycles. The van der Waals surface area contributed by atoms with Gasteiger partial charge in [0, 0.05) is 10.5 Å². The van der Waals surface area contributed by atoms with Crippen LogP contribution in [0.25, 0.3) is 0 Å². The lowest BCUT2D eigenvalue weighted by Gasteiger charge is -2.37. The Morgan fingerprint density at radius 2 is 2.20 bits per heavy atom. The fourth-order valence-electron chi connectivity index (χ4n) is 3.46. The third kappa shape index (κ3) is 6.63. The van der Waals surface area contributed by atoms with Gasteiger partial charge < -0.3 is 9.47 Å². The molecule has 2 rings (SSSR count). The maximum Gasteiger partial charge on any atom is 0.320 e. The molecule has 1 aromatic rings. The Kier molecular flexibility index (Phi) is 8.24. The number of likely N-dealkylation sites (tertiary alicyclic amines) is 1. The molecule has 0 radical (unpaired) electrons. The second-order valence-corrected chi connectivity index (χ2v) is 7.77. The van der Waals surface area contributed by atoms with E-state index in [1.807, 2.05) is 19.1 Å². The van der Waals surface area contributed by atoms with Gasteiger partial charge in [0.15, 0.2) is 0 Å². The van der Waals surface area contributed by atoms with Gasteiger partial charge in [0.2, 0.25) is 0 Å². The predicted octanol–water partition coefficient (Wildman–Crippen LogP) is 4.58. The summed E-state index contributed by atoms with van der Waals surface area (Å²) in [6.45, 7) is 8.77. The van der Waals surface area contributed by atoms with Crippen molar-refractivity contribution in [2.24, 2.45) is 5.92 Å². The van der Waals surface area contributed by atoms with E-state index in [9.17, 15) is 4.79 Å². The molecule has 1 fully saturated rings. The highest BCUT2D eigenvalue weighted by molar-refractivity contribution is 9.10. The highest BCUT2D eigenvalue weighted by atomic mass is 79.9. The molecule has 0 saturated carbocycles. The minimum absolute atomic E-state index is 0.106. The standard InChI is InChI=1S/C20H30BrNO3/c1-4-24-20(23)14-22-10-9-17(13-16(22)3)6-5-11-25-18-7-8-19(21)15(2)12-18/h7-8,12,16-17H,4-6,9-11,13-14H2,1-3H3/t16-,17+/m0/s1. The molecule has 2 atom stereocenters. The Balaban J connectivity index is 1.65. The summed E-state index contributed by atoms with van der Waals surface area (Å²) < 4.78 is 12.0. The number of nitrogens with zero attached hydrogens (tertiary/aromatic N) is 1. The van der Waals surface area contributed by atoms with Gasteiger partial charge in [-0.25, -0.2) is 0 Å². The van der Waals surface area contributed by atoms with Crippen molar-refractivity contribution in [1.29, 1.82) is 0 Å². The number of hydrogen-bond acceptors (Lipinski definition) is 4. The van der Waals surface area contributed by atoms with Crippen LogP contribution in [0, 0.1) is 12.8 Å². The number of aryl methyl sites for hydroxylation is 1. The SMILES string of the molecule is CCOC(=O)CN1CC[C@@H](CCCOc2ccc(Br)c(C)c2)C[C@@H]1C. The Morgan fingerprint density at radius 3 is 2.88 bits per heavy atom. The van der Waals surface area contributed by atoms with Crippen molar-refractivity contribution in [1.82, 2.24) is 4.90 Å². The maximum absolute atomic E-state index is 11.6. The van der Waals surface area contributed by atoms with Crippen LogP contribution in [0.5, 0.6) is 5.75 Å². The quantitative estimate of drug-likeness (QED) is 0.463. The topological polar surface area (TPSA) is 38.8 Å². The van der Waals surface area contributed by atoms with E-state index in [0.717, 1.165) is 48.6 Å². The van der Waals surface area contributed by atoms with Gasteiger partial charge in [-0.15, -0.1) is 0 Å². The summed E-state index contributed by atoms with van der Waals surface area (Å²) in [5, 5.41) is 0. The number of carbonyl (C=O) groups excluding carboxylic acids is 1. The molecule has 0 bridgehead atoms. The van der Waals surface area contributed by atoms with Crippen molar-refractivity contribution in [2.45, 2.75) is 52.5 Å². The molecule has 0 aliphatic carbocycles. The first-order valence-corrected chi connectivity index (χ1v) is 10.1. The third-order valence-corrected chi connectivity index (χ3v) is 5.80. The number of carbonyl (C=O) groups is 1. The van der Waals surface area contributed by atoms with Crippen LogP contribution in [0.4, 0.5) is 0 Å². The largest absolute Gasteiger partial charge is 0.494 e. The number of ether oxygens (including phenoxy) is 2. The van der Waals surface area contributed by atoms with Gasteiger partial charge in [0.1, 0.15) is 5.75 Å². The smallest absolute Gasteiger partial charge is 0.320 e. The molecule has 140 valence electrons. The number of hydrogen-bond donors (Lipinski definition) is 0. The van der Waals surface area contributed by atoms with Crippen molar-refractivity contribution in [3.05, 3.63) is 28.2 Å². The van der Waals surface area contributed by atoms with E-state index >= 15 is 0 Å². The second-order valence-electron chi connectivity index (χ2n) is 6.92. The summed E-state index contributed by atoms with van der Waals surface area (Å²) in [5.74, 6) is 1.56. The van der Waals surface area contributed by atoms with E-state index in [1.54, 1.807) is 0 Å². The van der Waals surface area contributed by atoms with Crippen LogP contribution in [0.2, 0.25) is 0 Å². The molecule has 25 heavy (non-hydrogen) atoms. The number of halogens is 1. The van der Waals surface area contributed by atoms with Gasteiger partial charge in [-0.3, -0.25) is 9.69 Å². The highest BCUT2D eigenvalue weighted by Crippen LogP contribution is 2.27. The monoisotopic (exact) mass is 411 g/mol. The number of piperidine rings is 1. The lowest BCUT2D eigenvalue weighted by atomic mass is 9.88. The zero-order valence-electron chi connectivity index (χ0n) is 15.6. The van der Waals surface area contributed by atoms with Crippen LogP contribution in [0.3, 0.4) is 0 Å². The van der Waals surface area contributed by atoms with Crippen molar-refractivity contribution in [3.63, 3.8) is 0 Å². The molecular weight excluding hydrogens is 382 g/mol. The van der Waals surface area contributed by atoms with Crippen molar-refractivity contribution >= 4 is 21.9 Å². The molecule has 0 N–H and O–H groups in total. The van der Waals surface area contributed by atoms with Crippen molar-refractivity contribution in [2.75, 3.05) is 26.3 Å². The Hall–Kier alpha value is -1.07. The van der Waals surface area contributed by atoms with Crippen LogP contribution in [0.15, 0.2) is 22.7 Å². The van der Waals surface area contributed by atoms with Gasteiger partial charge in [-0.2, -0.15) is 0 Å². The zero-order chi connectivity index (χ0) is 18.2. The predicted molar refractivity (Wildman–Crippen MR) is 104 cm³/mol. The Morgan fingerprint density at radius 1 is 1.40 bits per heavy atom. The molecule has 1 aromatic carbocycles. The Bertz CT molecular complexity index is 564. The van der Waals surface area contributed by atoms with Gasteiger partial charge >= 0.3 is 5.97 Å². The van der Waals surface area contributed by atoms with Crippen LogP contribution < -0.4 is 4.74 Å². The normalized spacial score (nSPS) is 21.1. The fraction of sp³-hybridized carbons (Fsp3) is 0.650. The first-order chi connectivity index (χ1) is 12.0. The average molecular weight is 412 g/mol. The first kappa shape index (κ1) is 20.2. The van der Waals surface area contributed by atoms with E-state index in [4.69, 9.17) is 9.47 Å². The minimum atomic E-state index is -0.106. The summed E-state index contributed by atoms with van der Waals surface area (Å²) in [7, 11) is 0. The zero-order valence-corrected chi connectivity index (χ0v) is 17.2. The molecule has 0 amide bonds. The van der Waals surface area contributed by atoms with Crippen LogP contribution in [-0.4, -0.2) is 43.2 Å². The van der Waals surface area contributed by atoms with E-state index in [-0.39, 0.29) is 5.97 Å². The molecule has 0 unspecified atom stereocenters. The summed E-state index contributed by atoms with van der Waals surface area (Å²) in [6, 6.07) is 6.55. The Labute approximate surface area is 160 Å². The summed E-state index contributed by atoms with van der Waals surface area (Å²) >= 11 is 3.51. The van der Waals surface area contributed by atoms with E-state index in [1.165, 1.54) is 12.0 Å². The molecule has 1 aliphatic rings. The minimum Gasteiger partial charge on any atom is -0.494 e. The summed E-state index contributed by atoms with van der Waals surface area (Å²) in [5.41, 5.74) is 1.19. The van der Waals surface area contributed by atoms with Gasteiger partial charge in [0.25, 0.3) is 0 Å². The third-order valence-electron chi connectivity index (χ3n) is 4.91. The molecule has 1 aliphatic heterocycles. The molecule has 1 heterocycles. The molecule has 4 nitrogen and oxygen atoms in total. The number of benzene rings is 1. The molecule has 5 heteroatoms. The molecule has 1 saturated heterocycles. The van der Waals surface area contributed by atoms with Gasteiger partial charge in [0.05, 0.1) is 19.8 Å². The second kappa shape index (κ2) is 10.2. The lowest BCUT2D eigenvalue weighted by Crippen LogP contribution is -2.43. The summed E-state index contributed by atoms with van der Waals surface area (Å²) in [6.07, 6.45) is 4.56. The highest BCUT2D eigenvalue weighted by Gasteiger charge is 2.26.